The van der Waals surface area contributed by atoms with Crippen LogP contribution in [0.15, 0.2) is 37.2 Å². The minimum atomic E-state index is -5.03. The molecule has 0 radical (unpaired) electrons. The number of hydrogen-bond donors (Lipinski definition) is 0. The molecule has 0 saturated heterocycles. The van der Waals surface area contributed by atoms with Gasteiger partial charge in [0.05, 0.1) is 0 Å². The fourth-order valence-corrected chi connectivity index (χ4v) is 0.534. The molecule has 1 aromatic heterocycles. The van der Waals surface area contributed by atoms with Gasteiger partial charge in [-0.15, -0.1) is 0 Å². The van der Waals surface area contributed by atoms with Crippen molar-refractivity contribution in [2.75, 3.05) is 0 Å². The van der Waals surface area contributed by atoms with E-state index in [1.807, 2.05) is 35.2 Å². The molecule has 0 fully saturated rings. The molecule has 0 saturated carbocycles. The molecule has 6 heteroatoms. The Bertz CT molecular complexity index is 341. The van der Waals surface area contributed by atoms with E-state index in [9.17, 15) is 0 Å². The number of pyridine rings is 1. The fourth-order valence-electron chi connectivity index (χ4n) is 0.534. The average Bonchev–Trinajstić information content (AvgIpc) is 2.03. The van der Waals surface area contributed by atoms with Crippen LogP contribution in [0.25, 0.3) is 6.20 Å². The van der Waals surface area contributed by atoms with Crippen molar-refractivity contribution >= 4 is 16.2 Å². The molecule has 4 nitrogen and oxygen atoms in total. The fraction of sp³-hybridized carbons (Fsp3) is 0. The Morgan fingerprint density at radius 1 is 1.31 bits per heavy atom. The summed E-state index contributed by atoms with van der Waals surface area (Å²) >= 11 is -5.03. The second-order valence-corrected chi connectivity index (χ2v) is 4.68. The molecule has 0 unspecified atom stereocenters. The van der Waals surface area contributed by atoms with Gasteiger partial charge in [-0.1, -0.05) is 6.07 Å². The molecule has 1 aromatic rings. The summed E-state index contributed by atoms with van der Waals surface area (Å²) in [5.41, 5.74) is 0. The van der Waals surface area contributed by atoms with Gasteiger partial charge in [-0.25, -0.2) is 0 Å². The molecule has 0 amide bonds. The van der Waals surface area contributed by atoms with Crippen LogP contribution >= 0.6 is 10.0 Å². The predicted molar refractivity (Wildman–Crippen MR) is 40.3 cm³/mol. The summed E-state index contributed by atoms with van der Waals surface area (Å²) in [5.74, 6) is 0. The van der Waals surface area contributed by atoms with E-state index in [2.05, 4.69) is 16.6 Å². The van der Waals surface area contributed by atoms with E-state index in [-0.39, 0.29) is 0 Å². The van der Waals surface area contributed by atoms with Gasteiger partial charge in [-0.2, -0.15) is 4.57 Å². The third-order valence-corrected chi connectivity index (χ3v) is 0.949. The number of hydrogen-bond acceptors (Lipinski definition) is 3. The Morgan fingerprint density at radius 2 is 1.69 bits per heavy atom. The van der Waals surface area contributed by atoms with Gasteiger partial charge in [0.1, 0.15) is 0 Å². The van der Waals surface area contributed by atoms with Crippen LogP contribution in [0.3, 0.4) is 0 Å². The van der Waals surface area contributed by atoms with Crippen molar-refractivity contribution in [1.29, 1.82) is 0 Å². The van der Waals surface area contributed by atoms with Crippen molar-refractivity contribution in [3.05, 3.63) is 37.2 Å². The van der Waals surface area contributed by atoms with Crippen LogP contribution in [-0.4, -0.2) is 0 Å². The van der Waals surface area contributed by atoms with E-state index < -0.39 is 12.4 Å². The normalized spacial score (nSPS) is 9.69. The number of rotatable bonds is 1. The molecular weight excluding hydrogens is 234 g/mol. The Labute approximate surface area is 82.3 Å². The van der Waals surface area contributed by atoms with Gasteiger partial charge >= 0.3 is 34.2 Å². The minimum absolute atomic E-state index is 1.75. The summed E-state index contributed by atoms with van der Waals surface area (Å²) in [5, 5.41) is 0. The quantitative estimate of drug-likeness (QED) is 0.666. The Kier molecular flexibility index (Phi) is 5.51. The molecule has 0 aromatic carbocycles. The standard InChI is InChI=1S/C7H8N.ClH.Cr.3O/c1-2-8-6-4-3-5-7-8;;;;;/h2-7H,1H2;1H;;;;/q+1;;+1;;;-1/p-1. The molecule has 0 bridgehead atoms. The van der Waals surface area contributed by atoms with Crippen molar-refractivity contribution in [3.8, 4) is 0 Å². The van der Waals surface area contributed by atoms with Crippen molar-refractivity contribution in [2.24, 2.45) is 0 Å². The van der Waals surface area contributed by atoms with E-state index >= 15 is 0 Å². The Morgan fingerprint density at radius 3 is 1.92 bits per heavy atom. The van der Waals surface area contributed by atoms with Gasteiger partial charge < -0.3 is 0 Å². The molecule has 1 heterocycles. The van der Waals surface area contributed by atoms with E-state index in [4.69, 9.17) is 11.8 Å². The summed E-state index contributed by atoms with van der Waals surface area (Å²) < 4.78 is 28.6. The van der Waals surface area contributed by atoms with Crippen LogP contribution < -0.4 is 8.73 Å². The third kappa shape index (κ3) is 11.3. The third-order valence-electron chi connectivity index (χ3n) is 0.949. The van der Waals surface area contributed by atoms with Crippen LogP contribution in [0, 0.1) is 0 Å². The average molecular weight is 242 g/mol. The summed E-state index contributed by atoms with van der Waals surface area (Å²) in [4.78, 5) is 0. The predicted octanol–water partition coefficient (Wildman–Crippen LogP) is 0.335. The van der Waals surface area contributed by atoms with Gasteiger partial charge in [0.25, 0.3) is 0 Å². The second-order valence-electron chi connectivity index (χ2n) is 1.90. The van der Waals surface area contributed by atoms with Crippen LogP contribution in [0.1, 0.15) is 0 Å². The second kappa shape index (κ2) is 5.84. The molecule has 0 atom stereocenters. The summed E-state index contributed by atoms with van der Waals surface area (Å²) in [7, 11) is 4.02. The van der Waals surface area contributed by atoms with E-state index in [1.165, 1.54) is 0 Å². The van der Waals surface area contributed by atoms with E-state index in [0.29, 0.717) is 0 Å². The molecule has 0 aliphatic heterocycles. The Balaban J connectivity index is 0.000000252. The molecular formula is C7H8ClCrNO3. The first-order valence-corrected chi connectivity index (χ1v) is 6.49. The van der Waals surface area contributed by atoms with Crippen molar-refractivity contribution in [1.82, 2.24) is 0 Å². The first kappa shape index (κ1) is 12.3. The monoisotopic (exact) mass is 241 g/mol. The zero-order valence-electron chi connectivity index (χ0n) is 6.63. The maximum absolute atomic E-state index is 8.91. The molecule has 0 spiro atoms. The van der Waals surface area contributed by atoms with Crippen molar-refractivity contribution < 1.29 is 28.7 Å². The van der Waals surface area contributed by atoms with Gasteiger partial charge in [0.2, 0.25) is 0 Å². The number of aromatic nitrogens is 1. The van der Waals surface area contributed by atoms with Gasteiger partial charge in [0.15, 0.2) is 18.6 Å². The van der Waals surface area contributed by atoms with Gasteiger partial charge in [-0.3, -0.25) is 0 Å². The van der Waals surface area contributed by atoms with Crippen LogP contribution in [0.2, 0.25) is 0 Å². The molecule has 13 heavy (non-hydrogen) atoms. The van der Waals surface area contributed by atoms with Crippen LogP contribution in [0.5, 0.6) is 0 Å². The first-order valence-electron chi connectivity index (χ1n) is 3.17. The first-order chi connectivity index (χ1) is 5.93. The van der Waals surface area contributed by atoms with E-state index in [0.717, 1.165) is 0 Å². The molecule has 0 aliphatic carbocycles. The van der Waals surface area contributed by atoms with E-state index in [1.54, 1.807) is 6.20 Å². The summed E-state index contributed by atoms with van der Waals surface area (Å²) in [6.45, 7) is 3.59. The Hall–Kier alpha value is -0.728. The zero-order valence-corrected chi connectivity index (χ0v) is 8.66. The zero-order chi connectivity index (χ0) is 10.3. The topological polar surface area (TPSA) is 61.1 Å². The summed E-state index contributed by atoms with van der Waals surface area (Å²) in [6, 6.07) is 5.89. The van der Waals surface area contributed by atoms with Crippen molar-refractivity contribution in [2.45, 2.75) is 0 Å². The van der Waals surface area contributed by atoms with Gasteiger partial charge in [0, 0.05) is 12.1 Å². The maximum atomic E-state index is 8.91. The SMILES string of the molecule is C=C[n+]1ccccc1.[O]=[Cr](=[O])([O-])[Cl]. The molecule has 72 valence electrons. The van der Waals surface area contributed by atoms with Crippen molar-refractivity contribution in [3.63, 3.8) is 0 Å². The number of nitrogens with zero attached hydrogens (tertiary/aromatic N) is 1. The number of halogens is 1. The summed E-state index contributed by atoms with van der Waals surface area (Å²) in [6.07, 6.45) is 5.62. The van der Waals surface area contributed by atoms with Crippen LogP contribution in [0.4, 0.5) is 0 Å². The van der Waals surface area contributed by atoms with Gasteiger partial charge in [-0.05, 0) is 6.58 Å². The van der Waals surface area contributed by atoms with Crippen LogP contribution in [-0.2, 0) is 20.0 Å². The molecule has 0 N–H and O–H groups in total. The molecule has 1 rings (SSSR count). The molecule has 0 aliphatic rings.